The molecule has 132 valence electrons. The van der Waals surface area contributed by atoms with Crippen LogP contribution in [0.25, 0.3) is 0 Å². The van der Waals surface area contributed by atoms with Gasteiger partial charge in [0.25, 0.3) is 0 Å². The largest absolute Gasteiger partial charge is 0.453 e. The summed E-state index contributed by atoms with van der Waals surface area (Å²) >= 11 is 4.29. The molecule has 0 aliphatic carbocycles. The lowest BCUT2D eigenvalue weighted by molar-refractivity contribution is -0.139. The zero-order valence-corrected chi connectivity index (χ0v) is 13.1. The summed E-state index contributed by atoms with van der Waals surface area (Å²) in [5.41, 5.74) is 0.0859. The molecule has 1 unspecified atom stereocenters. The van der Waals surface area contributed by atoms with Crippen molar-refractivity contribution in [3.63, 3.8) is 0 Å². The maximum absolute atomic E-state index is 13.4. The van der Waals surface area contributed by atoms with E-state index < -0.39 is 45.6 Å². The Labute approximate surface area is 140 Å². The third-order valence-electron chi connectivity index (χ3n) is 3.03. The molecule has 0 radical (unpaired) electrons. The highest BCUT2D eigenvalue weighted by Gasteiger charge is 2.61. The molecule has 2 rings (SSSR count). The van der Waals surface area contributed by atoms with Crippen LogP contribution >= 0.6 is 11.6 Å². The fourth-order valence-corrected chi connectivity index (χ4v) is 2.92. The van der Waals surface area contributed by atoms with Crippen molar-refractivity contribution in [2.75, 3.05) is 0 Å². The highest BCUT2D eigenvalue weighted by molar-refractivity contribution is 7.84. The first-order valence-corrected chi connectivity index (χ1v) is 7.82. The Kier molecular flexibility index (Phi) is 5.31. The van der Waals surface area contributed by atoms with Gasteiger partial charge in [-0.2, -0.15) is 17.6 Å². The van der Waals surface area contributed by atoms with Crippen LogP contribution in [0.3, 0.4) is 0 Å². The number of rotatable bonds is 6. The fourth-order valence-electron chi connectivity index (χ4n) is 1.85. The number of cyclic esters (lactones) is 1. The summed E-state index contributed by atoms with van der Waals surface area (Å²) in [6, 6.07) is 2.84. The zero-order chi connectivity index (χ0) is 18.1. The van der Waals surface area contributed by atoms with E-state index in [0.29, 0.717) is 0 Å². The normalized spacial score (nSPS) is 20.8. The maximum atomic E-state index is 13.4. The van der Waals surface area contributed by atoms with Gasteiger partial charge in [0.05, 0.1) is 6.04 Å². The number of ether oxygens (including phenoxy) is 1. The van der Waals surface area contributed by atoms with E-state index in [1.165, 1.54) is 0 Å². The number of carbonyl (C=O) groups excluding carboxylic acids is 1. The molecular weight excluding hydrogens is 381 g/mol. The van der Waals surface area contributed by atoms with E-state index in [-0.39, 0.29) is 5.56 Å². The molecule has 24 heavy (non-hydrogen) atoms. The van der Waals surface area contributed by atoms with E-state index >= 15 is 0 Å². The minimum atomic E-state index is -5.10. The molecule has 0 spiro atoms. The second-order valence-corrected chi connectivity index (χ2v) is 6.45. The van der Waals surface area contributed by atoms with Crippen LogP contribution in [0.15, 0.2) is 36.4 Å². The summed E-state index contributed by atoms with van der Waals surface area (Å²) in [5.74, 6) is -1.44. The lowest BCUT2D eigenvalue weighted by Gasteiger charge is -2.27. The predicted octanol–water partition coefficient (Wildman–Crippen LogP) is 3.03. The summed E-state index contributed by atoms with van der Waals surface area (Å²) in [5, 5.41) is -10.2. The Bertz CT molecular complexity index is 677. The average Bonchev–Trinajstić information content (AvgIpc) is 2.90. The van der Waals surface area contributed by atoms with Gasteiger partial charge in [-0.15, -0.1) is 0 Å². The van der Waals surface area contributed by atoms with Crippen LogP contribution in [0.5, 0.6) is 0 Å². The monoisotopic (exact) mass is 389 g/mol. The molecule has 0 saturated heterocycles. The SMILES string of the molecule is O=C1C=C[C@H]([C@H](NS(=O)C(F)(F)C(F)(F)Cl)c2ccc(F)cc2)O1. The Morgan fingerprint density at radius 1 is 1.21 bits per heavy atom. The molecule has 1 aliphatic rings. The minimum Gasteiger partial charge on any atom is -0.453 e. The van der Waals surface area contributed by atoms with Crippen LogP contribution in [-0.4, -0.2) is 26.9 Å². The summed E-state index contributed by atoms with van der Waals surface area (Å²) in [6.07, 6.45) is 0.948. The Balaban J connectivity index is 2.30. The minimum absolute atomic E-state index is 0.0859. The number of nitrogens with one attached hydrogen (secondary N) is 1. The van der Waals surface area contributed by atoms with E-state index in [1.807, 2.05) is 0 Å². The first-order chi connectivity index (χ1) is 11.0. The average molecular weight is 390 g/mol. The summed E-state index contributed by atoms with van der Waals surface area (Å²) in [4.78, 5) is 11.1. The van der Waals surface area contributed by atoms with Gasteiger partial charge < -0.3 is 4.74 Å². The summed E-state index contributed by atoms with van der Waals surface area (Å²) < 4.78 is 83.5. The molecule has 11 heteroatoms. The van der Waals surface area contributed by atoms with Gasteiger partial charge in [-0.1, -0.05) is 12.1 Å². The van der Waals surface area contributed by atoms with Crippen molar-refractivity contribution < 1.29 is 35.7 Å². The second kappa shape index (κ2) is 6.77. The van der Waals surface area contributed by atoms with E-state index in [4.69, 9.17) is 4.74 Å². The van der Waals surface area contributed by atoms with Gasteiger partial charge in [0.2, 0.25) is 0 Å². The fraction of sp³-hybridized carbons (Fsp3) is 0.308. The number of carbonyl (C=O) groups is 1. The number of alkyl halides is 5. The molecule has 0 bridgehead atoms. The van der Waals surface area contributed by atoms with Crippen LogP contribution < -0.4 is 4.72 Å². The van der Waals surface area contributed by atoms with Gasteiger partial charge in [-0.3, -0.25) is 0 Å². The lowest BCUT2D eigenvalue weighted by Crippen LogP contribution is -2.47. The van der Waals surface area contributed by atoms with E-state index in [2.05, 4.69) is 11.6 Å². The number of halogens is 6. The van der Waals surface area contributed by atoms with Gasteiger partial charge in [-0.05, 0) is 35.4 Å². The van der Waals surface area contributed by atoms with Crippen molar-refractivity contribution in [3.05, 3.63) is 47.8 Å². The van der Waals surface area contributed by atoms with E-state index in [0.717, 1.165) is 36.4 Å². The first-order valence-electron chi connectivity index (χ1n) is 6.29. The molecule has 4 nitrogen and oxygen atoms in total. The standard InChI is InChI=1S/C13H9ClF5NO3S/c14-12(16,17)13(18,19)24(22)20-11(9-5-6-10(21)23-9)7-1-3-8(15)4-2-7/h1-6,9,11,20H/t9-,11-,24?/m1/s1. The van der Waals surface area contributed by atoms with Crippen molar-refractivity contribution in [1.82, 2.24) is 4.72 Å². The molecule has 1 N–H and O–H groups in total. The molecule has 1 heterocycles. The van der Waals surface area contributed by atoms with Crippen molar-refractivity contribution in [2.45, 2.75) is 22.8 Å². The molecule has 0 amide bonds. The van der Waals surface area contributed by atoms with Crippen LogP contribution in [0.2, 0.25) is 0 Å². The highest BCUT2D eigenvalue weighted by Crippen LogP contribution is 2.40. The third-order valence-corrected chi connectivity index (χ3v) is 4.57. The molecule has 1 aliphatic heterocycles. The van der Waals surface area contributed by atoms with Gasteiger partial charge in [0, 0.05) is 6.08 Å². The Morgan fingerprint density at radius 3 is 2.25 bits per heavy atom. The Morgan fingerprint density at radius 2 is 1.79 bits per heavy atom. The van der Waals surface area contributed by atoms with Gasteiger partial charge in [0.15, 0.2) is 11.0 Å². The summed E-state index contributed by atoms with van der Waals surface area (Å²) in [7, 11) is -3.63. The Hall–Kier alpha value is -1.52. The molecule has 0 saturated carbocycles. The van der Waals surface area contributed by atoms with Crippen LogP contribution in [-0.2, 0) is 20.5 Å². The van der Waals surface area contributed by atoms with Gasteiger partial charge in [0.1, 0.15) is 11.9 Å². The van der Waals surface area contributed by atoms with Crippen molar-refractivity contribution >= 4 is 28.6 Å². The molecule has 3 atom stereocenters. The number of hydrogen-bond donors (Lipinski definition) is 1. The van der Waals surface area contributed by atoms with Gasteiger partial charge >= 0.3 is 16.6 Å². The molecule has 1 aromatic carbocycles. The van der Waals surface area contributed by atoms with Crippen molar-refractivity contribution in [2.24, 2.45) is 0 Å². The maximum Gasteiger partial charge on any atom is 0.410 e. The van der Waals surface area contributed by atoms with Crippen LogP contribution in [0.1, 0.15) is 11.6 Å². The smallest absolute Gasteiger partial charge is 0.410 e. The van der Waals surface area contributed by atoms with Crippen LogP contribution in [0, 0.1) is 5.82 Å². The van der Waals surface area contributed by atoms with E-state index in [9.17, 15) is 31.0 Å². The number of benzene rings is 1. The van der Waals surface area contributed by atoms with Crippen LogP contribution in [0.4, 0.5) is 22.0 Å². The first kappa shape index (κ1) is 18.8. The lowest BCUT2D eigenvalue weighted by atomic mass is 10.0. The summed E-state index contributed by atoms with van der Waals surface area (Å²) in [6.45, 7) is 0. The second-order valence-electron chi connectivity index (χ2n) is 4.69. The number of esters is 1. The molecule has 0 aromatic heterocycles. The predicted molar refractivity (Wildman–Crippen MR) is 75.2 cm³/mol. The molecule has 0 fully saturated rings. The van der Waals surface area contributed by atoms with Gasteiger partial charge in [-0.25, -0.2) is 18.1 Å². The quantitative estimate of drug-likeness (QED) is 0.462. The zero-order valence-electron chi connectivity index (χ0n) is 11.5. The number of hydrogen-bond acceptors (Lipinski definition) is 3. The van der Waals surface area contributed by atoms with Crippen molar-refractivity contribution in [3.8, 4) is 0 Å². The van der Waals surface area contributed by atoms with Crippen molar-refractivity contribution in [1.29, 1.82) is 0 Å². The highest BCUT2D eigenvalue weighted by atomic mass is 35.5. The molecule has 1 aromatic rings. The molecular formula is C13H9ClF5NO3S. The third kappa shape index (κ3) is 3.93. The topological polar surface area (TPSA) is 55.4 Å². The van der Waals surface area contributed by atoms with E-state index in [1.54, 1.807) is 4.72 Å².